The number of nitrogens with zero attached hydrogens (tertiary/aromatic N) is 3. The first-order valence-electron chi connectivity index (χ1n) is 8.58. The minimum Gasteiger partial charge on any atom is -0.494 e. The number of halogens is 1. The fourth-order valence-corrected chi connectivity index (χ4v) is 3.53. The number of hydrogen-bond acceptors (Lipinski definition) is 4. The molecule has 2 aromatic carbocycles. The Bertz CT molecular complexity index is 941. The van der Waals surface area contributed by atoms with Crippen molar-refractivity contribution in [2.75, 3.05) is 6.61 Å². The Morgan fingerprint density at radius 3 is 2.46 bits per heavy atom. The third-order valence-corrected chi connectivity index (χ3v) is 4.95. The van der Waals surface area contributed by atoms with Gasteiger partial charge in [-0.15, -0.1) is 23.7 Å². The summed E-state index contributed by atoms with van der Waals surface area (Å²) in [6, 6.07) is 18.4. The molecule has 4 aromatic rings. The number of imidazole rings is 1. The molecule has 2 N–H and O–H groups in total. The Morgan fingerprint density at radius 1 is 0.964 bits per heavy atom. The Morgan fingerprint density at radius 2 is 1.75 bits per heavy atom. The third-order valence-electron chi connectivity index (χ3n) is 4.06. The van der Waals surface area contributed by atoms with Crippen molar-refractivity contribution in [2.24, 2.45) is 0 Å². The van der Waals surface area contributed by atoms with E-state index in [0.717, 1.165) is 40.5 Å². The summed E-state index contributed by atoms with van der Waals surface area (Å²) in [5.41, 5.74) is 3.26. The first kappa shape index (κ1) is 21.6. The normalized spacial score (nSPS) is 10.0. The van der Waals surface area contributed by atoms with Gasteiger partial charge in [-0.3, -0.25) is 0 Å². The average Bonchev–Trinajstić information content (AvgIpc) is 3.39. The van der Waals surface area contributed by atoms with E-state index < -0.39 is 0 Å². The third kappa shape index (κ3) is 5.42. The lowest BCUT2D eigenvalue weighted by molar-refractivity contribution is 0.302. The van der Waals surface area contributed by atoms with Crippen LogP contribution < -0.4 is 4.74 Å². The molecular formula is C21H22ClN3O2S. The molecule has 7 heteroatoms. The summed E-state index contributed by atoms with van der Waals surface area (Å²) in [4.78, 5) is 8.79. The minimum absolute atomic E-state index is 0. The van der Waals surface area contributed by atoms with Crippen molar-refractivity contribution in [1.82, 2.24) is 14.5 Å². The molecule has 2 heterocycles. The van der Waals surface area contributed by atoms with E-state index in [9.17, 15) is 0 Å². The van der Waals surface area contributed by atoms with Crippen LogP contribution in [-0.4, -0.2) is 26.6 Å². The summed E-state index contributed by atoms with van der Waals surface area (Å²) in [5, 5.41) is 3.14. The van der Waals surface area contributed by atoms with Crippen molar-refractivity contribution in [2.45, 2.75) is 13.0 Å². The average molecular weight is 416 g/mol. The van der Waals surface area contributed by atoms with E-state index in [4.69, 9.17) is 9.72 Å². The number of hydrogen-bond donors (Lipinski definition) is 0. The highest BCUT2D eigenvalue weighted by atomic mass is 35.5. The maximum Gasteiger partial charge on any atom is 0.124 e. The molecule has 2 aromatic heterocycles. The summed E-state index contributed by atoms with van der Waals surface area (Å²) in [5.74, 6) is 0.887. The van der Waals surface area contributed by atoms with Gasteiger partial charge in [0.1, 0.15) is 10.8 Å². The van der Waals surface area contributed by atoms with Crippen molar-refractivity contribution in [3.05, 3.63) is 78.7 Å². The fraction of sp³-hybridized carbons (Fsp3) is 0.143. The lowest BCUT2D eigenvalue weighted by atomic mass is 10.1. The molecule has 0 saturated carbocycles. The predicted molar refractivity (Wildman–Crippen MR) is 116 cm³/mol. The van der Waals surface area contributed by atoms with E-state index in [1.54, 1.807) is 17.5 Å². The number of rotatable bonds is 7. The van der Waals surface area contributed by atoms with Crippen LogP contribution in [-0.2, 0) is 6.54 Å². The van der Waals surface area contributed by atoms with Crippen LogP contribution in [0.1, 0.15) is 6.42 Å². The topological polar surface area (TPSA) is 71.4 Å². The highest BCUT2D eigenvalue weighted by Crippen LogP contribution is 2.29. The van der Waals surface area contributed by atoms with Crippen molar-refractivity contribution in [3.63, 3.8) is 0 Å². The SMILES string of the molecule is Cl.O.c1ccc(-c2nc(-c3ccc(OCCCn4ccnc4)cc3)cs2)cc1. The van der Waals surface area contributed by atoms with Gasteiger partial charge in [0.15, 0.2) is 0 Å². The van der Waals surface area contributed by atoms with Gasteiger partial charge in [-0.2, -0.15) is 0 Å². The van der Waals surface area contributed by atoms with Crippen LogP contribution in [0.25, 0.3) is 21.8 Å². The second kappa shape index (κ2) is 10.6. The van der Waals surface area contributed by atoms with E-state index >= 15 is 0 Å². The summed E-state index contributed by atoms with van der Waals surface area (Å²) in [6.07, 6.45) is 6.53. The number of aromatic nitrogens is 3. The van der Waals surface area contributed by atoms with Gasteiger partial charge in [-0.1, -0.05) is 30.3 Å². The first-order valence-corrected chi connectivity index (χ1v) is 9.46. The molecule has 0 amide bonds. The first-order chi connectivity index (χ1) is 12.9. The molecule has 0 radical (unpaired) electrons. The fourth-order valence-electron chi connectivity index (χ4n) is 2.70. The Balaban J connectivity index is 0.00000140. The van der Waals surface area contributed by atoms with Crippen LogP contribution in [0.15, 0.2) is 78.7 Å². The maximum atomic E-state index is 5.82. The molecule has 146 valence electrons. The van der Waals surface area contributed by atoms with Gasteiger partial charge < -0.3 is 14.8 Å². The lowest BCUT2D eigenvalue weighted by Crippen LogP contribution is -2.02. The second-order valence-electron chi connectivity index (χ2n) is 5.93. The Hall–Kier alpha value is -2.67. The zero-order chi connectivity index (χ0) is 17.6. The zero-order valence-electron chi connectivity index (χ0n) is 15.2. The smallest absolute Gasteiger partial charge is 0.124 e. The van der Waals surface area contributed by atoms with Crippen LogP contribution in [0.2, 0.25) is 0 Å². The van der Waals surface area contributed by atoms with Gasteiger partial charge in [0.05, 0.1) is 18.6 Å². The molecule has 4 rings (SSSR count). The van der Waals surface area contributed by atoms with Crippen molar-refractivity contribution in [1.29, 1.82) is 0 Å². The number of thiazole rings is 1. The molecule has 0 bridgehead atoms. The van der Waals surface area contributed by atoms with E-state index in [0.29, 0.717) is 6.61 Å². The van der Waals surface area contributed by atoms with Gasteiger partial charge in [0.25, 0.3) is 0 Å². The molecule has 5 nitrogen and oxygen atoms in total. The van der Waals surface area contributed by atoms with Gasteiger partial charge in [-0.25, -0.2) is 9.97 Å². The summed E-state index contributed by atoms with van der Waals surface area (Å²) >= 11 is 1.67. The van der Waals surface area contributed by atoms with Gasteiger partial charge in [-0.05, 0) is 30.7 Å². The zero-order valence-corrected chi connectivity index (χ0v) is 16.8. The van der Waals surface area contributed by atoms with Crippen LogP contribution >= 0.6 is 23.7 Å². The van der Waals surface area contributed by atoms with E-state index in [-0.39, 0.29) is 17.9 Å². The number of benzene rings is 2. The van der Waals surface area contributed by atoms with Crippen LogP contribution in [0, 0.1) is 0 Å². The van der Waals surface area contributed by atoms with Crippen molar-refractivity contribution in [3.8, 4) is 27.6 Å². The van der Waals surface area contributed by atoms with Crippen molar-refractivity contribution < 1.29 is 10.2 Å². The molecule has 0 aliphatic carbocycles. The minimum atomic E-state index is 0. The highest BCUT2D eigenvalue weighted by Gasteiger charge is 2.06. The standard InChI is InChI=1S/C21H19N3OS.ClH.H2O/c1-2-5-18(6-3-1)21-23-20(15-26-21)17-7-9-19(10-8-17)25-14-4-12-24-13-11-22-16-24;;/h1-3,5-11,13,15-16H,4,12,14H2;1H;1H2. The van der Waals surface area contributed by atoms with Crippen LogP contribution in [0.3, 0.4) is 0 Å². The summed E-state index contributed by atoms with van der Waals surface area (Å²) < 4.78 is 7.87. The van der Waals surface area contributed by atoms with E-state index in [1.807, 2.05) is 42.9 Å². The predicted octanol–water partition coefficient (Wildman–Crippen LogP) is 4.74. The lowest BCUT2D eigenvalue weighted by Gasteiger charge is -2.07. The Kier molecular flexibility index (Phi) is 8.19. The molecule has 28 heavy (non-hydrogen) atoms. The summed E-state index contributed by atoms with van der Waals surface area (Å²) in [6.45, 7) is 1.60. The highest BCUT2D eigenvalue weighted by molar-refractivity contribution is 7.13. The molecule has 0 unspecified atom stereocenters. The quantitative estimate of drug-likeness (QED) is 0.409. The monoisotopic (exact) mass is 415 g/mol. The van der Waals surface area contributed by atoms with Gasteiger partial charge in [0.2, 0.25) is 0 Å². The van der Waals surface area contributed by atoms with Gasteiger partial charge >= 0.3 is 0 Å². The summed E-state index contributed by atoms with van der Waals surface area (Å²) in [7, 11) is 0. The van der Waals surface area contributed by atoms with E-state index in [2.05, 4.69) is 39.2 Å². The maximum absolute atomic E-state index is 5.82. The molecule has 0 saturated heterocycles. The van der Waals surface area contributed by atoms with Crippen molar-refractivity contribution >= 4 is 23.7 Å². The van der Waals surface area contributed by atoms with E-state index in [1.165, 1.54) is 0 Å². The number of ether oxygens (including phenoxy) is 1. The van der Waals surface area contributed by atoms with Crippen LogP contribution in [0.5, 0.6) is 5.75 Å². The van der Waals surface area contributed by atoms with Gasteiger partial charge in [0, 0.05) is 35.4 Å². The molecule has 0 fully saturated rings. The largest absolute Gasteiger partial charge is 0.494 e. The van der Waals surface area contributed by atoms with Crippen LogP contribution in [0.4, 0.5) is 0 Å². The molecule has 0 aliphatic rings. The second-order valence-corrected chi connectivity index (χ2v) is 6.79. The molecule has 0 atom stereocenters. The molecular weight excluding hydrogens is 394 g/mol. The molecule has 0 spiro atoms. The number of aryl methyl sites for hydroxylation is 1. The molecule has 0 aliphatic heterocycles. The Labute approximate surface area is 174 Å².